The molecule has 10 heteroatoms. The molecule has 182 valence electrons. The summed E-state index contributed by atoms with van der Waals surface area (Å²) < 4.78 is 34.2. The molecule has 1 fully saturated rings. The molecule has 1 amide bonds. The third-order valence-corrected chi connectivity index (χ3v) is 6.84. The molecule has 4 rings (SSSR count). The maximum absolute atomic E-state index is 14.7. The second-order valence-corrected chi connectivity index (χ2v) is 9.30. The van der Waals surface area contributed by atoms with E-state index in [1.807, 2.05) is 0 Å². The van der Waals surface area contributed by atoms with Gasteiger partial charge in [-0.2, -0.15) is 5.26 Å². The van der Waals surface area contributed by atoms with E-state index in [-0.39, 0.29) is 23.3 Å². The van der Waals surface area contributed by atoms with Gasteiger partial charge in [-0.15, -0.1) is 11.3 Å². The molecule has 35 heavy (non-hydrogen) atoms. The van der Waals surface area contributed by atoms with Gasteiger partial charge in [-0.3, -0.25) is 4.79 Å². The van der Waals surface area contributed by atoms with Crippen molar-refractivity contribution >= 4 is 17.2 Å². The first-order valence-electron chi connectivity index (χ1n) is 10.9. The average molecular weight is 500 g/mol. The van der Waals surface area contributed by atoms with Gasteiger partial charge in [0.25, 0.3) is 5.91 Å². The van der Waals surface area contributed by atoms with Gasteiger partial charge in [0, 0.05) is 29.6 Å². The van der Waals surface area contributed by atoms with Gasteiger partial charge < -0.3 is 25.6 Å². The van der Waals surface area contributed by atoms with Gasteiger partial charge >= 0.3 is 0 Å². The lowest BCUT2D eigenvalue weighted by Crippen LogP contribution is -2.45. The van der Waals surface area contributed by atoms with Crippen LogP contribution < -0.4 is 10.5 Å². The number of ether oxygens (including phenoxy) is 1. The van der Waals surface area contributed by atoms with Gasteiger partial charge in [-0.25, -0.2) is 8.78 Å². The van der Waals surface area contributed by atoms with E-state index in [1.54, 1.807) is 29.2 Å². The lowest BCUT2D eigenvalue weighted by Gasteiger charge is -2.30. The van der Waals surface area contributed by atoms with Crippen molar-refractivity contribution in [2.75, 3.05) is 19.7 Å². The summed E-state index contributed by atoms with van der Waals surface area (Å²) in [6.45, 7) is 0.518. The van der Waals surface area contributed by atoms with Crippen molar-refractivity contribution in [3.8, 4) is 33.4 Å². The van der Waals surface area contributed by atoms with Crippen molar-refractivity contribution in [3.63, 3.8) is 0 Å². The fourth-order valence-corrected chi connectivity index (χ4v) is 5.12. The van der Waals surface area contributed by atoms with E-state index in [1.165, 1.54) is 24.3 Å². The van der Waals surface area contributed by atoms with Crippen LogP contribution in [0.4, 0.5) is 8.78 Å². The Labute approximate surface area is 204 Å². The molecular formula is C25H23F2N3O4S. The van der Waals surface area contributed by atoms with Crippen LogP contribution in [0.5, 0.6) is 5.75 Å². The zero-order chi connectivity index (χ0) is 25.1. The number of nitrogens with two attached hydrogens (primary N) is 1. The summed E-state index contributed by atoms with van der Waals surface area (Å²) in [6, 6.07) is 11.6. The SMILES string of the molecule is N#Cc1ccc(-c2cc(C(=O)N3CCC[C@@H](N)C3)sc2-c2ccc(OCC(O)O)c(F)c2)cc1F. The molecular weight excluding hydrogens is 476 g/mol. The number of piperidine rings is 1. The number of amides is 1. The predicted molar refractivity (Wildman–Crippen MR) is 127 cm³/mol. The van der Waals surface area contributed by atoms with Crippen LogP contribution in [0.15, 0.2) is 42.5 Å². The number of aliphatic hydroxyl groups excluding tert-OH is 1. The second-order valence-electron chi connectivity index (χ2n) is 8.25. The Morgan fingerprint density at radius 2 is 1.94 bits per heavy atom. The van der Waals surface area contributed by atoms with Crippen molar-refractivity contribution in [3.05, 3.63) is 64.5 Å². The summed E-state index contributed by atoms with van der Waals surface area (Å²) in [5, 5.41) is 27.0. The van der Waals surface area contributed by atoms with Crippen LogP contribution in [-0.2, 0) is 0 Å². The van der Waals surface area contributed by atoms with Gasteiger partial charge in [0.2, 0.25) is 0 Å². The van der Waals surface area contributed by atoms with E-state index in [2.05, 4.69) is 0 Å². The number of hydrogen-bond donors (Lipinski definition) is 3. The van der Waals surface area contributed by atoms with Crippen LogP contribution in [0, 0.1) is 23.0 Å². The maximum Gasteiger partial charge on any atom is 0.264 e. The minimum absolute atomic E-state index is 0.0988. The molecule has 1 aliphatic heterocycles. The molecule has 0 bridgehead atoms. The molecule has 1 saturated heterocycles. The minimum Gasteiger partial charge on any atom is -0.485 e. The van der Waals surface area contributed by atoms with Gasteiger partial charge in [0.05, 0.1) is 10.4 Å². The van der Waals surface area contributed by atoms with Gasteiger partial charge in [-0.05, 0) is 60.4 Å². The van der Waals surface area contributed by atoms with Crippen LogP contribution in [0.1, 0.15) is 28.1 Å². The highest BCUT2D eigenvalue weighted by molar-refractivity contribution is 7.18. The fraction of sp³-hybridized carbons (Fsp3) is 0.280. The number of nitrogens with zero attached hydrogens (tertiary/aromatic N) is 2. The summed E-state index contributed by atoms with van der Waals surface area (Å²) in [4.78, 5) is 15.9. The van der Waals surface area contributed by atoms with Crippen LogP contribution >= 0.6 is 11.3 Å². The summed E-state index contributed by atoms with van der Waals surface area (Å²) in [7, 11) is 0. The Bertz CT molecular complexity index is 1290. The molecule has 2 aromatic carbocycles. The normalized spacial score (nSPS) is 15.8. The molecule has 1 aromatic heterocycles. The molecule has 3 aromatic rings. The van der Waals surface area contributed by atoms with Gasteiger partial charge in [-0.1, -0.05) is 6.07 Å². The molecule has 2 heterocycles. The van der Waals surface area contributed by atoms with Crippen molar-refractivity contribution in [2.24, 2.45) is 5.73 Å². The van der Waals surface area contributed by atoms with Crippen molar-refractivity contribution in [1.82, 2.24) is 4.90 Å². The summed E-state index contributed by atoms with van der Waals surface area (Å²) in [6.07, 6.45) is -0.106. The first-order chi connectivity index (χ1) is 16.8. The summed E-state index contributed by atoms with van der Waals surface area (Å²) >= 11 is 1.15. The smallest absolute Gasteiger partial charge is 0.264 e. The van der Waals surface area contributed by atoms with E-state index in [0.29, 0.717) is 39.5 Å². The average Bonchev–Trinajstić information content (AvgIpc) is 3.28. The van der Waals surface area contributed by atoms with E-state index in [9.17, 15) is 13.6 Å². The topological polar surface area (TPSA) is 120 Å². The molecule has 0 saturated carbocycles. The quantitative estimate of drug-likeness (QED) is 0.447. The number of thiophene rings is 1. The maximum atomic E-state index is 14.7. The number of rotatable bonds is 6. The molecule has 0 radical (unpaired) electrons. The Balaban J connectivity index is 1.76. The van der Waals surface area contributed by atoms with E-state index in [4.69, 9.17) is 25.9 Å². The second kappa shape index (κ2) is 10.5. The highest BCUT2D eigenvalue weighted by Gasteiger charge is 2.26. The molecule has 0 aliphatic carbocycles. The van der Waals surface area contributed by atoms with Crippen LogP contribution in [-0.4, -0.2) is 53.0 Å². The predicted octanol–water partition coefficient (Wildman–Crippen LogP) is 3.48. The lowest BCUT2D eigenvalue weighted by molar-refractivity contribution is -0.0686. The molecule has 4 N–H and O–H groups in total. The molecule has 1 aliphatic rings. The standard InChI is InChI=1S/C25H23F2N3O4S/c26-19-8-14(3-4-16(19)11-28)18-10-22(25(33)30-7-1-2-17(29)12-30)35-24(18)15-5-6-21(20(27)9-15)34-13-23(31)32/h3-6,8-10,17,23,31-32H,1-2,7,12-13,29H2/t17-/m1/s1. The molecule has 7 nitrogen and oxygen atoms in total. The van der Waals surface area contributed by atoms with Crippen LogP contribution in [0.3, 0.4) is 0 Å². The van der Waals surface area contributed by atoms with Crippen LogP contribution in [0.25, 0.3) is 21.6 Å². The third-order valence-electron chi connectivity index (χ3n) is 5.67. The number of benzene rings is 2. The monoisotopic (exact) mass is 499 g/mol. The summed E-state index contributed by atoms with van der Waals surface area (Å²) in [5.74, 6) is -1.80. The first kappa shape index (κ1) is 24.8. The number of carbonyl (C=O) groups excluding carboxylic acids is 1. The Kier molecular flexibility index (Phi) is 7.42. The number of aliphatic hydroxyl groups is 2. The highest BCUT2D eigenvalue weighted by atomic mass is 32.1. The van der Waals surface area contributed by atoms with E-state index >= 15 is 0 Å². The highest BCUT2D eigenvalue weighted by Crippen LogP contribution is 2.41. The lowest BCUT2D eigenvalue weighted by atomic mass is 10.0. The zero-order valence-corrected chi connectivity index (χ0v) is 19.4. The van der Waals surface area contributed by atoms with Crippen LogP contribution in [0.2, 0.25) is 0 Å². The van der Waals surface area contributed by atoms with Crippen molar-refractivity contribution in [1.29, 1.82) is 5.26 Å². The Morgan fingerprint density at radius 3 is 2.60 bits per heavy atom. The Hall–Kier alpha value is -3.36. The number of likely N-dealkylation sites (tertiary alicyclic amines) is 1. The molecule has 0 unspecified atom stereocenters. The number of carbonyl (C=O) groups is 1. The van der Waals surface area contributed by atoms with E-state index < -0.39 is 24.5 Å². The van der Waals surface area contributed by atoms with Gasteiger partial charge in [0.15, 0.2) is 17.9 Å². The van der Waals surface area contributed by atoms with Gasteiger partial charge in [0.1, 0.15) is 18.5 Å². The fourth-order valence-electron chi connectivity index (χ4n) is 3.97. The first-order valence-corrected chi connectivity index (χ1v) is 11.8. The number of halogens is 2. The third kappa shape index (κ3) is 5.49. The Morgan fingerprint density at radius 1 is 1.20 bits per heavy atom. The molecule has 1 atom stereocenters. The number of hydrogen-bond acceptors (Lipinski definition) is 7. The zero-order valence-electron chi connectivity index (χ0n) is 18.6. The molecule has 0 spiro atoms. The largest absolute Gasteiger partial charge is 0.485 e. The number of nitriles is 1. The summed E-state index contributed by atoms with van der Waals surface area (Å²) in [5.41, 5.74) is 7.31. The van der Waals surface area contributed by atoms with Crippen molar-refractivity contribution < 1.29 is 28.5 Å². The van der Waals surface area contributed by atoms with Crippen molar-refractivity contribution in [2.45, 2.75) is 25.2 Å². The van der Waals surface area contributed by atoms with E-state index in [0.717, 1.165) is 24.2 Å². The minimum atomic E-state index is -1.75.